The van der Waals surface area contributed by atoms with Gasteiger partial charge >= 0.3 is 0 Å². The van der Waals surface area contributed by atoms with Crippen LogP contribution in [-0.4, -0.2) is 63.9 Å². The maximum absolute atomic E-state index is 12.9. The van der Waals surface area contributed by atoms with Crippen molar-refractivity contribution in [2.45, 2.75) is 6.04 Å². The Kier molecular flexibility index (Phi) is 6.03. The van der Waals surface area contributed by atoms with Crippen LogP contribution in [0, 0.1) is 3.57 Å². The Hall–Kier alpha value is -0.120. The van der Waals surface area contributed by atoms with E-state index in [0.29, 0.717) is 22.2 Å². The van der Waals surface area contributed by atoms with Crippen molar-refractivity contribution in [1.29, 1.82) is 0 Å². The topological polar surface area (TPSA) is 40.6 Å². The average Bonchev–Trinajstić information content (AvgIpc) is 3.06. The fourth-order valence-corrected chi connectivity index (χ4v) is 5.44. The molecule has 0 radical (unpaired) electrons. The number of carbonyl (C=O) groups is 2. The van der Waals surface area contributed by atoms with Crippen LogP contribution in [0.4, 0.5) is 0 Å². The van der Waals surface area contributed by atoms with Gasteiger partial charge in [-0.15, -0.1) is 11.8 Å². The molecule has 2 heterocycles. The minimum absolute atomic E-state index is 0.0840. The Morgan fingerprint density at radius 2 is 1.96 bits per heavy atom. The molecule has 1 unspecified atom stereocenters. The molecule has 3 rings (SSSR count). The molecule has 2 saturated heterocycles. The summed E-state index contributed by atoms with van der Waals surface area (Å²) in [7, 11) is 0. The highest BCUT2D eigenvalue weighted by atomic mass is 127. The van der Waals surface area contributed by atoms with E-state index in [1.54, 1.807) is 28.8 Å². The Balaban J connectivity index is 1.79. The minimum atomic E-state index is -0.356. The number of hydrogen-bond acceptors (Lipinski definition) is 4. The molecule has 0 N–H and O–H groups in total. The molecule has 2 aliphatic rings. The molecule has 1 atom stereocenters. The van der Waals surface area contributed by atoms with E-state index >= 15 is 0 Å². The summed E-state index contributed by atoms with van der Waals surface area (Å²) in [5.41, 5.74) is 0.576. The van der Waals surface area contributed by atoms with Gasteiger partial charge in [0.05, 0.1) is 11.4 Å². The maximum atomic E-state index is 12.9. The second-order valence-corrected chi connectivity index (χ2v) is 9.18. The number of nitrogens with zero attached hydrogens (tertiary/aromatic N) is 2. The summed E-state index contributed by atoms with van der Waals surface area (Å²) >= 11 is 11.7. The molecule has 124 valence electrons. The summed E-state index contributed by atoms with van der Waals surface area (Å²) in [6.07, 6.45) is 0. The first-order valence-electron chi connectivity index (χ1n) is 7.28. The van der Waals surface area contributed by atoms with Crippen LogP contribution in [0.15, 0.2) is 18.2 Å². The molecular weight excluding hydrogens is 467 g/mol. The number of hydrogen-bond donors (Lipinski definition) is 0. The largest absolute Gasteiger partial charge is 0.339 e. The number of amides is 2. The normalized spacial score (nSPS) is 21.6. The van der Waals surface area contributed by atoms with Gasteiger partial charge in [-0.1, -0.05) is 11.6 Å². The summed E-state index contributed by atoms with van der Waals surface area (Å²) < 4.78 is 0.856. The van der Waals surface area contributed by atoms with Gasteiger partial charge in [-0.25, -0.2) is 0 Å². The van der Waals surface area contributed by atoms with Crippen LogP contribution >= 0.6 is 57.7 Å². The lowest BCUT2D eigenvalue weighted by Crippen LogP contribution is -2.51. The number of thioether (sulfide) groups is 2. The van der Waals surface area contributed by atoms with Crippen LogP contribution in [0.25, 0.3) is 0 Å². The van der Waals surface area contributed by atoms with Crippen molar-refractivity contribution in [2.24, 2.45) is 0 Å². The van der Waals surface area contributed by atoms with E-state index in [2.05, 4.69) is 22.6 Å². The SMILES string of the molecule is O=C(C1CSCN1C(=O)c1cc(Cl)ccc1I)N1CCSCC1. The molecule has 0 spiro atoms. The van der Waals surface area contributed by atoms with Crippen molar-refractivity contribution >= 4 is 69.5 Å². The lowest BCUT2D eigenvalue weighted by molar-refractivity contribution is -0.134. The second-order valence-electron chi connectivity index (χ2n) is 5.35. The highest BCUT2D eigenvalue weighted by Crippen LogP contribution is 2.28. The Morgan fingerprint density at radius 3 is 2.70 bits per heavy atom. The predicted molar refractivity (Wildman–Crippen MR) is 105 cm³/mol. The Bertz CT molecular complexity index is 625. The van der Waals surface area contributed by atoms with Gasteiger partial charge in [0.2, 0.25) is 5.91 Å². The zero-order chi connectivity index (χ0) is 16.4. The molecule has 2 fully saturated rings. The molecule has 0 aromatic heterocycles. The van der Waals surface area contributed by atoms with Gasteiger partial charge in [0.1, 0.15) is 6.04 Å². The lowest BCUT2D eigenvalue weighted by Gasteiger charge is -2.32. The molecular formula is C15H16ClIN2O2S2. The van der Waals surface area contributed by atoms with E-state index in [-0.39, 0.29) is 17.9 Å². The van der Waals surface area contributed by atoms with Gasteiger partial charge in [0.15, 0.2) is 0 Å². The fraction of sp³-hybridized carbons (Fsp3) is 0.467. The highest BCUT2D eigenvalue weighted by Gasteiger charge is 2.38. The summed E-state index contributed by atoms with van der Waals surface area (Å²) in [6.45, 7) is 1.56. The molecule has 1 aromatic carbocycles. The van der Waals surface area contributed by atoms with Gasteiger partial charge in [-0.2, -0.15) is 11.8 Å². The monoisotopic (exact) mass is 482 g/mol. The number of halogens is 2. The highest BCUT2D eigenvalue weighted by molar-refractivity contribution is 14.1. The van der Waals surface area contributed by atoms with E-state index in [4.69, 9.17) is 11.6 Å². The molecule has 1 aromatic rings. The van der Waals surface area contributed by atoms with Crippen molar-refractivity contribution < 1.29 is 9.59 Å². The molecule has 2 aliphatic heterocycles. The standard InChI is InChI=1S/C15H16ClIN2O2S2/c16-10-1-2-12(17)11(7-10)14(20)19-9-23-8-13(19)15(21)18-3-5-22-6-4-18/h1-2,7,13H,3-6,8-9H2. The van der Waals surface area contributed by atoms with Crippen molar-refractivity contribution in [1.82, 2.24) is 9.80 Å². The van der Waals surface area contributed by atoms with Crippen molar-refractivity contribution in [3.8, 4) is 0 Å². The van der Waals surface area contributed by atoms with Crippen LogP contribution in [0.2, 0.25) is 5.02 Å². The smallest absolute Gasteiger partial charge is 0.256 e. The summed E-state index contributed by atoms with van der Waals surface area (Å²) in [6, 6.07) is 4.93. The van der Waals surface area contributed by atoms with Gasteiger partial charge in [0, 0.05) is 38.9 Å². The quantitative estimate of drug-likeness (QED) is 0.608. The van der Waals surface area contributed by atoms with Gasteiger partial charge in [-0.3, -0.25) is 9.59 Å². The lowest BCUT2D eigenvalue weighted by atomic mass is 10.1. The summed E-state index contributed by atoms with van der Waals surface area (Å²) in [4.78, 5) is 29.3. The predicted octanol–water partition coefficient (Wildman–Crippen LogP) is 3.04. The first-order chi connectivity index (χ1) is 11.1. The van der Waals surface area contributed by atoms with Crippen molar-refractivity contribution in [2.75, 3.05) is 36.2 Å². The van der Waals surface area contributed by atoms with E-state index in [9.17, 15) is 9.59 Å². The van der Waals surface area contributed by atoms with Crippen LogP contribution in [0.5, 0.6) is 0 Å². The summed E-state index contributed by atoms with van der Waals surface area (Å²) in [5.74, 6) is 3.16. The van der Waals surface area contributed by atoms with Crippen LogP contribution in [0.1, 0.15) is 10.4 Å². The van der Waals surface area contributed by atoms with E-state index in [1.807, 2.05) is 22.7 Å². The van der Waals surface area contributed by atoms with Crippen LogP contribution < -0.4 is 0 Å². The molecule has 4 nitrogen and oxygen atoms in total. The second kappa shape index (κ2) is 7.84. The van der Waals surface area contributed by atoms with Gasteiger partial charge in [-0.05, 0) is 40.8 Å². The number of rotatable bonds is 2. The first-order valence-corrected chi connectivity index (χ1v) is 11.0. The fourth-order valence-electron chi connectivity index (χ4n) is 2.66. The number of benzene rings is 1. The molecule has 0 aliphatic carbocycles. The first kappa shape index (κ1) is 17.7. The molecule has 2 amide bonds. The van der Waals surface area contributed by atoms with Gasteiger partial charge < -0.3 is 9.80 Å². The molecule has 23 heavy (non-hydrogen) atoms. The molecule has 8 heteroatoms. The third-order valence-electron chi connectivity index (χ3n) is 3.91. The summed E-state index contributed by atoms with van der Waals surface area (Å²) in [5, 5.41) is 0.538. The number of carbonyl (C=O) groups excluding carboxylic acids is 2. The van der Waals surface area contributed by atoms with Crippen LogP contribution in [0.3, 0.4) is 0 Å². The average molecular weight is 483 g/mol. The van der Waals surface area contributed by atoms with Crippen molar-refractivity contribution in [3.63, 3.8) is 0 Å². The van der Waals surface area contributed by atoms with E-state index in [0.717, 1.165) is 28.2 Å². The third kappa shape index (κ3) is 3.93. The third-order valence-corrected chi connectivity index (χ3v) is 7.04. The molecule has 0 saturated carbocycles. The zero-order valence-electron chi connectivity index (χ0n) is 12.3. The van der Waals surface area contributed by atoms with E-state index < -0.39 is 0 Å². The molecule has 0 bridgehead atoms. The minimum Gasteiger partial charge on any atom is -0.339 e. The van der Waals surface area contributed by atoms with Crippen LogP contribution in [-0.2, 0) is 4.79 Å². The van der Waals surface area contributed by atoms with E-state index in [1.165, 1.54) is 0 Å². The zero-order valence-corrected chi connectivity index (χ0v) is 16.9. The Labute approximate surface area is 162 Å². The van der Waals surface area contributed by atoms with Crippen molar-refractivity contribution in [3.05, 3.63) is 32.4 Å². The Morgan fingerprint density at radius 1 is 1.22 bits per heavy atom. The van der Waals surface area contributed by atoms with Gasteiger partial charge in [0.25, 0.3) is 5.91 Å². The maximum Gasteiger partial charge on any atom is 0.256 e.